The van der Waals surface area contributed by atoms with Crippen LogP contribution in [0.5, 0.6) is 0 Å². The number of aromatic nitrogens is 1. The fourth-order valence-corrected chi connectivity index (χ4v) is 2.82. The molecule has 5 nitrogen and oxygen atoms in total. The number of carbonyl (C=O) groups excluding carboxylic acids is 1. The molecule has 0 aromatic carbocycles. The van der Waals surface area contributed by atoms with E-state index in [9.17, 15) is 9.59 Å². The third-order valence-electron chi connectivity index (χ3n) is 4.35. The number of nitrogens with zero attached hydrogens (tertiary/aromatic N) is 1. The van der Waals surface area contributed by atoms with Crippen molar-refractivity contribution in [3.8, 4) is 0 Å². The van der Waals surface area contributed by atoms with Crippen molar-refractivity contribution in [3.63, 3.8) is 0 Å². The lowest BCUT2D eigenvalue weighted by Crippen LogP contribution is -2.24. The van der Waals surface area contributed by atoms with Gasteiger partial charge in [0.15, 0.2) is 0 Å². The summed E-state index contributed by atoms with van der Waals surface area (Å²) in [7, 11) is 0. The van der Waals surface area contributed by atoms with Crippen molar-refractivity contribution in [2.45, 2.75) is 46.0 Å². The summed E-state index contributed by atoms with van der Waals surface area (Å²) < 4.78 is 5.36. The Labute approximate surface area is 134 Å². The van der Waals surface area contributed by atoms with Gasteiger partial charge in [-0.25, -0.2) is 9.78 Å². The first kappa shape index (κ1) is 15.5. The van der Waals surface area contributed by atoms with Crippen molar-refractivity contribution in [3.05, 3.63) is 56.8 Å². The van der Waals surface area contributed by atoms with Crippen LogP contribution < -0.4 is 10.9 Å². The highest BCUT2D eigenvalue weighted by Gasteiger charge is 2.25. The topological polar surface area (TPSA) is 72.2 Å². The molecule has 0 unspecified atom stereocenters. The molecule has 5 heteroatoms. The predicted octanol–water partition coefficient (Wildman–Crippen LogP) is 3.48. The largest absolute Gasteiger partial charge is 0.427 e. The van der Waals surface area contributed by atoms with Gasteiger partial charge >= 0.3 is 5.63 Å². The van der Waals surface area contributed by atoms with Gasteiger partial charge in [-0.05, 0) is 56.4 Å². The minimum atomic E-state index is -0.575. The lowest BCUT2D eigenvalue weighted by Gasteiger charge is -2.24. The maximum Gasteiger partial charge on any atom is 0.349 e. The molecule has 1 saturated carbocycles. The Bertz CT molecular complexity index is 820. The van der Waals surface area contributed by atoms with E-state index in [0.717, 1.165) is 30.4 Å². The summed E-state index contributed by atoms with van der Waals surface area (Å²) >= 11 is 0. The van der Waals surface area contributed by atoms with Crippen molar-refractivity contribution in [1.29, 1.82) is 0 Å². The molecule has 1 N–H and O–H groups in total. The van der Waals surface area contributed by atoms with E-state index in [1.54, 1.807) is 13.1 Å². The number of pyridine rings is 1. The van der Waals surface area contributed by atoms with Crippen molar-refractivity contribution < 1.29 is 9.21 Å². The highest BCUT2D eigenvalue weighted by atomic mass is 16.4. The van der Waals surface area contributed by atoms with Crippen molar-refractivity contribution >= 4 is 11.7 Å². The van der Waals surface area contributed by atoms with E-state index >= 15 is 0 Å². The van der Waals surface area contributed by atoms with Gasteiger partial charge in [-0.2, -0.15) is 0 Å². The van der Waals surface area contributed by atoms with Crippen LogP contribution in [0.25, 0.3) is 0 Å². The smallest absolute Gasteiger partial charge is 0.349 e. The molecule has 0 bridgehead atoms. The van der Waals surface area contributed by atoms with Gasteiger partial charge in [0.25, 0.3) is 5.91 Å². The molecule has 3 rings (SSSR count). The lowest BCUT2D eigenvalue weighted by atomic mass is 9.83. The van der Waals surface area contributed by atoms with Gasteiger partial charge in [-0.1, -0.05) is 12.5 Å². The monoisotopic (exact) mass is 312 g/mol. The summed E-state index contributed by atoms with van der Waals surface area (Å²) in [5.41, 5.74) is 1.99. The maximum atomic E-state index is 12.4. The van der Waals surface area contributed by atoms with Gasteiger partial charge in [0.05, 0.1) is 0 Å². The van der Waals surface area contributed by atoms with Crippen LogP contribution in [-0.4, -0.2) is 10.9 Å². The van der Waals surface area contributed by atoms with Crippen molar-refractivity contribution in [2.75, 3.05) is 5.32 Å². The summed E-state index contributed by atoms with van der Waals surface area (Å²) in [4.78, 5) is 28.9. The Morgan fingerprint density at radius 3 is 2.52 bits per heavy atom. The molecule has 0 atom stereocenters. The summed E-state index contributed by atoms with van der Waals surface area (Å²) in [5.74, 6) is 0.998. The minimum Gasteiger partial charge on any atom is -0.427 e. The molecule has 0 saturated heterocycles. The normalized spacial score (nSPS) is 14.4. The SMILES string of the molecule is Cc1cnc(NC(=O)c2c(C)cc(C3CCC3)oc2=O)c(C)c1. The van der Waals surface area contributed by atoms with Gasteiger partial charge < -0.3 is 9.73 Å². The van der Waals surface area contributed by atoms with Gasteiger partial charge in [0, 0.05) is 12.1 Å². The first-order valence-electron chi connectivity index (χ1n) is 7.85. The van der Waals surface area contributed by atoms with E-state index in [1.807, 2.05) is 26.0 Å². The van der Waals surface area contributed by atoms with Crippen LogP contribution in [0.4, 0.5) is 5.82 Å². The van der Waals surface area contributed by atoms with Gasteiger partial charge in [0.2, 0.25) is 0 Å². The fraction of sp³-hybridized carbons (Fsp3) is 0.389. The predicted molar refractivity (Wildman–Crippen MR) is 88.0 cm³/mol. The third kappa shape index (κ3) is 3.04. The second kappa shape index (κ2) is 5.99. The molecule has 0 radical (unpaired) electrons. The Morgan fingerprint density at radius 2 is 1.96 bits per heavy atom. The van der Waals surface area contributed by atoms with Crippen molar-refractivity contribution in [1.82, 2.24) is 4.98 Å². The molecule has 120 valence electrons. The van der Waals surface area contributed by atoms with E-state index in [0.29, 0.717) is 23.1 Å². The lowest BCUT2D eigenvalue weighted by molar-refractivity contribution is 0.102. The zero-order chi connectivity index (χ0) is 16.6. The quantitative estimate of drug-likeness (QED) is 0.941. The molecular formula is C18H20N2O3. The first-order chi connectivity index (χ1) is 11.0. The number of hydrogen-bond acceptors (Lipinski definition) is 4. The Balaban J connectivity index is 1.88. The molecule has 23 heavy (non-hydrogen) atoms. The van der Waals surface area contributed by atoms with E-state index in [4.69, 9.17) is 4.42 Å². The van der Waals surface area contributed by atoms with Gasteiger partial charge in [0.1, 0.15) is 17.1 Å². The molecule has 2 heterocycles. The second-order valence-corrected chi connectivity index (χ2v) is 6.25. The van der Waals surface area contributed by atoms with Crippen LogP contribution in [0.1, 0.15) is 58.0 Å². The zero-order valence-electron chi connectivity index (χ0n) is 13.6. The third-order valence-corrected chi connectivity index (χ3v) is 4.35. The van der Waals surface area contributed by atoms with Gasteiger partial charge in [-0.3, -0.25) is 4.79 Å². The molecule has 0 spiro atoms. The average Bonchev–Trinajstić information content (AvgIpc) is 2.39. The second-order valence-electron chi connectivity index (χ2n) is 6.25. The van der Waals surface area contributed by atoms with Crippen LogP contribution in [0, 0.1) is 20.8 Å². The van der Waals surface area contributed by atoms with Crippen LogP contribution in [-0.2, 0) is 0 Å². The summed E-state index contributed by atoms with van der Waals surface area (Å²) in [5, 5.41) is 2.70. The highest BCUT2D eigenvalue weighted by Crippen LogP contribution is 2.36. The Hall–Kier alpha value is -2.43. The molecule has 0 aliphatic heterocycles. The molecule has 2 aromatic rings. The van der Waals surface area contributed by atoms with Crippen LogP contribution in [0.3, 0.4) is 0 Å². The number of nitrogens with one attached hydrogen (secondary N) is 1. The van der Waals surface area contributed by atoms with Crippen LogP contribution in [0.15, 0.2) is 27.5 Å². The Kier molecular flexibility index (Phi) is 4.03. The number of aryl methyl sites for hydroxylation is 3. The van der Waals surface area contributed by atoms with E-state index in [2.05, 4.69) is 10.3 Å². The number of carbonyl (C=O) groups is 1. The average molecular weight is 312 g/mol. The van der Waals surface area contributed by atoms with Crippen LogP contribution in [0.2, 0.25) is 0 Å². The summed E-state index contributed by atoms with van der Waals surface area (Å²) in [6.07, 6.45) is 4.92. The first-order valence-corrected chi connectivity index (χ1v) is 7.85. The molecule has 1 aliphatic rings. The van der Waals surface area contributed by atoms with Crippen LogP contribution >= 0.6 is 0 Å². The summed E-state index contributed by atoms with van der Waals surface area (Å²) in [6, 6.07) is 3.74. The number of hydrogen-bond donors (Lipinski definition) is 1. The molecule has 2 aromatic heterocycles. The highest BCUT2D eigenvalue weighted by molar-refractivity contribution is 6.04. The zero-order valence-corrected chi connectivity index (χ0v) is 13.6. The van der Waals surface area contributed by atoms with E-state index in [1.165, 1.54) is 0 Å². The van der Waals surface area contributed by atoms with E-state index in [-0.39, 0.29) is 5.56 Å². The molecule has 1 fully saturated rings. The van der Waals surface area contributed by atoms with E-state index < -0.39 is 11.5 Å². The molecular weight excluding hydrogens is 292 g/mol. The maximum absolute atomic E-state index is 12.4. The fourth-order valence-electron chi connectivity index (χ4n) is 2.82. The number of rotatable bonds is 3. The number of amides is 1. The van der Waals surface area contributed by atoms with Crippen molar-refractivity contribution in [2.24, 2.45) is 0 Å². The Morgan fingerprint density at radius 1 is 1.22 bits per heavy atom. The number of anilines is 1. The molecule has 1 amide bonds. The van der Waals surface area contributed by atoms with Gasteiger partial charge in [-0.15, -0.1) is 0 Å². The molecule has 1 aliphatic carbocycles. The standard InChI is InChI=1S/C18H20N2O3/c1-10-7-12(3)16(19-9-10)20-17(21)15-11(2)8-14(23-18(15)22)13-5-4-6-13/h7-9,13H,4-6H2,1-3H3,(H,19,20,21). The summed E-state index contributed by atoms with van der Waals surface area (Å²) in [6.45, 7) is 5.57. The minimum absolute atomic E-state index is 0.0508.